The molecule has 1 aromatic carbocycles. The van der Waals surface area contributed by atoms with Crippen LogP contribution in [0.5, 0.6) is 6.01 Å². The number of benzene rings is 1. The Morgan fingerprint density at radius 2 is 2.05 bits per heavy atom. The monoisotopic (exact) mass is 540 g/mol. The molecular formula is C32H40N6O2. The molecule has 8 nitrogen and oxygen atoms in total. The Hall–Kier alpha value is -3.44. The molecule has 6 rings (SSSR count). The number of hydrogen-bond acceptors (Lipinski definition) is 7. The molecule has 8 heteroatoms. The van der Waals surface area contributed by atoms with Crippen LogP contribution in [0.4, 0.5) is 5.82 Å². The van der Waals surface area contributed by atoms with E-state index in [0.717, 1.165) is 50.2 Å². The number of anilines is 1. The number of likely N-dealkylation sites (N-methyl/N-ethyl adjacent to an activating group) is 1. The Kier molecular flexibility index (Phi) is 7.50. The van der Waals surface area contributed by atoms with Crippen LogP contribution in [0.25, 0.3) is 0 Å². The fraction of sp³-hybridized carbons (Fsp3) is 0.562. The maximum absolute atomic E-state index is 12.5. The third-order valence-corrected chi connectivity index (χ3v) is 9.74. The highest BCUT2D eigenvalue weighted by Crippen LogP contribution is 2.47. The molecule has 0 saturated carbocycles. The number of nitrogens with zero attached hydrogens (tertiary/aromatic N) is 6. The van der Waals surface area contributed by atoms with E-state index in [1.54, 1.807) is 4.90 Å². The lowest BCUT2D eigenvalue weighted by molar-refractivity contribution is -0.128. The van der Waals surface area contributed by atoms with Crippen molar-refractivity contribution in [2.45, 2.75) is 75.3 Å². The van der Waals surface area contributed by atoms with E-state index in [4.69, 9.17) is 14.7 Å². The van der Waals surface area contributed by atoms with E-state index in [0.29, 0.717) is 38.3 Å². The molecule has 0 N–H and O–H groups in total. The van der Waals surface area contributed by atoms with Crippen LogP contribution in [0.3, 0.4) is 0 Å². The van der Waals surface area contributed by atoms with Gasteiger partial charge in [0.25, 0.3) is 0 Å². The number of aryl methyl sites for hydroxylation is 1. The summed E-state index contributed by atoms with van der Waals surface area (Å²) >= 11 is 0. The van der Waals surface area contributed by atoms with Crippen LogP contribution in [0.15, 0.2) is 36.9 Å². The van der Waals surface area contributed by atoms with Crippen molar-refractivity contribution in [1.29, 1.82) is 5.26 Å². The van der Waals surface area contributed by atoms with E-state index >= 15 is 0 Å². The Bertz CT molecular complexity index is 1320. The quantitative estimate of drug-likeness (QED) is 0.515. The molecule has 2 aliphatic carbocycles. The number of amides is 1. The predicted octanol–water partition coefficient (Wildman–Crippen LogP) is 3.83. The van der Waals surface area contributed by atoms with Crippen molar-refractivity contribution in [2.24, 2.45) is 0 Å². The number of aromatic nitrogens is 2. The first-order chi connectivity index (χ1) is 19.5. The van der Waals surface area contributed by atoms with Crippen molar-refractivity contribution in [1.82, 2.24) is 19.8 Å². The van der Waals surface area contributed by atoms with Gasteiger partial charge in [0.15, 0.2) is 0 Å². The zero-order valence-corrected chi connectivity index (χ0v) is 23.6. The molecule has 40 heavy (non-hydrogen) atoms. The van der Waals surface area contributed by atoms with Gasteiger partial charge in [-0.1, -0.05) is 30.8 Å². The normalized spacial score (nSPS) is 26.2. The number of nitriles is 1. The molecule has 2 saturated heterocycles. The average molecular weight is 541 g/mol. The number of carbonyl (C=O) groups excluding carboxylic acids is 1. The summed E-state index contributed by atoms with van der Waals surface area (Å²) in [4.78, 5) is 29.0. The van der Waals surface area contributed by atoms with E-state index < -0.39 is 0 Å². The van der Waals surface area contributed by atoms with Gasteiger partial charge >= 0.3 is 6.01 Å². The first-order valence-corrected chi connectivity index (χ1v) is 14.9. The SMILES string of the molecule is C=CC(=O)N1CCN(c2nc(OCC3CCCN3C)nc3c2CC[C@@]2(CCCc4ccccc42)C3)C[C@@H]1CC#N. The van der Waals surface area contributed by atoms with Crippen LogP contribution in [-0.2, 0) is 29.5 Å². The highest BCUT2D eigenvalue weighted by Gasteiger charge is 2.42. The van der Waals surface area contributed by atoms with Crippen molar-refractivity contribution in [3.8, 4) is 12.1 Å². The summed E-state index contributed by atoms with van der Waals surface area (Å²) in [7, 11) is 2.16. The maximum Gasteiger partial charge on any atom is 0.318 e. The highest BCUT2D eigenvalue weighted by atomic mass is 16.5. The van der Waals surface area contributed by atoms with Crippen molar-refractivity contribution in [3.63, 3.8) is 0 Å². The number of carbonyl (C=O) groups is 1. The van der Waals surface area contributed by atoms with Crippen LogP contribution in [0.1, 0.15) is 60.9 Å². The molecule has 1 spiro atoms. The number of rotatable bonds is 6. The molecule has 1 unspecified atom stereocenters. The molecular weight excluding hydrogens is 500 g/mol. The summed E-state index contributed by atoms with van der Waals surface area (Å²) in [6.07, 6.45) is 10.4. The number of likely N-dealkylation sites (tertiary alicyclic amines) is 1. The van der Waals surface area contributed by atoms with Crippen molar-refractivity contribution in [3.05, 3.63) is 59.3 Å². The molecule has 4 aliphatic rings. The van der Waals surface area contributed by atoms with Gasteiger partial charge in [-0.2, -0.15) is 15.2 Å². The lowest BCUT2D eigenvalue weighted by atomic mass is 9.62. The largest absolute Gasteiger partial charge is 0.462 e. The minimum atomic E-state index is -0.202. The molecule has 0 radical (unpaired) electrons. The van der Waals surface area contributed by atoms with Crippen LogP contribution in [-0.4, -0.2) is 77.6 Å². The third kappa shape index (κ3) is 4.96. The minimum absolute atomic E-state index is 0.106. The van der Waals surface area contributed by atoms with Gasteiger partial charge in [-0.25, -0.2) is 0 Å². The predicted molar refractivity (Wildman–Crippen MR) is 154 cm³/mol. The lowest BCUT2D eigenvalue weighted by Gasteiger charge is -2.44. The molecule has 3 atom stereocenters. The highest BCUT2D eigenvalue weighted by molar-refractivity contribution is 5.87. The second kappa shape index (κ2) is 11.2. The summed E-state index contributed by atoms with van der Waals surface area (Å²) in [5.41, 5.74) is 5.39. The lowest BCUT2D eigenvalue weighted by Crippen LogP contribution is -2.55. The van der Waals surface area contributed by atoms with E-state index in [-0.39, 0.29) is 23.8 Å². The Labute approximate surface area is 237 Å². The standard InChI is InChI=1S/C32H40N6O2/c1-3-29(39)38-19-18-37(21-24(38)13-16-33)30-26-12-15-32(14-6-9-23-8-4-5-11-27(23)32)20-28(26)34-31(35-30)40-22-25-10-7-17-36(25)2/h3-5,8,11,24-25H,1,6-7,9-10,12-15,17-22H2,2H3/t24-,25?,32-/m0/s1. The topological polar surface area (TPSA) is 85.6 Å². The Balaban J connectivity index is 1.34. The van der Waals surface area contributed by atoms with E-state index in [2.05, 4.69) is 53.8 Å². The van der Waals surface area contributed by atoms with Crippen LogP contribution >= 0.6 is 0 Å². The first-order valence-electron chi connectivity index (χ1n) is 14.9. The molecule has 1 aromatic heterocycles. The van der Waals surface area contributed by atoms with Crippen molar-refractivity contribution >= 4 is 11.7 Å². The Morgan fingerprint density at radius 1 is 1.18 bits per heavy atom. The van der Waals surface area contributed by atoms with Crippen LogP contribution in [0.2, 0.25) is 0 Å². The van der Waals surface area contributed by atoms with Gasteiger partial charge in [-0.15, -0.1) is 0 Å². The van der Waals surface area contributed by atoms with Crippen molar-refractivity contribution < 1.29 is 9.53 Å². The van der Waals surface area contributed by atoms with Crippen molar-refractivity contribution in [2.75, 3.05) is 44.7 Å². The fourth-order valence-corrected chi connectivity index (χ4v) is 7.54. The summed E-state index contributed by atoms with van der Waals surface area (Å²) < 4.78 is 6.33. The smallest absolute Gasteiger partial charge is 0.318 e. The maximum atomic E-state index is 12.5. The third-order valence-electron chi connectivity index (χ3n) is 9.74. The summed E-state index contributed by atoms with van der Waals surface area (Å²) in [5, 5.41) is 9.52. The zero-order chi connectivity index (χ0) is 27.7. The summed E-state index contributed by atoms with van der Waals surface area (Å²) in [6.45, 7) is 7.11. The van der Waals surface area contributed by atoms with Crippen LogP contribution < -0.4 is 9.64 Å². The zero-order valence-electron chi connectivity index (χ0n) is 23.6. The van der Waals surface area contributed by atoms with Gasteiger partial charge in [0, 0.05) is 36.7 Å². The van der Waals surface area contributed by atoms with E-state index in [1.165, 1.54) is 42.0 Å². The van der Waals surface area contributed by atoms with Gasteiger partial charge < -0.3 is 19.4 Å². The molecule has 0 bridgehead atoms. The first kappa shape index (κ1) is 26.8. The molecule has 2 aliphatic heterocycles. The molecule has 2 aromatic rings. The summed E-state index contributed by atoms with van der Waals surface area (Å²) in [6, 6.07) is 11.9. The molecule has 210 valence electrons. The number of fused-ring (bicyclic) bond motifs is 3. The van der Waals surface area contributed by atoms with Gasteiger partial charge in [-0.05, 0) is 82.2 Å². The van der Waals surface area contributed by atoms with Gasteiger partial charge in [0.05, 0.1) is 24.2 Å². The minimum Gasteiger partial charge on any atom is -0.462 e. The van der Waals surface area contributed by atoms with Gasteiger partial charge in [0.2, 0.25) is 5.91 Å². The summed E-state index contributed by atoms with van der Waals surface area (Å²) in [5.74, 6) is 0.805. The molecule has 1 amide bonds. The number of ether oxygens (including phenoxy) is 1. The average Bonchev–Trinajstić information content (AvgIpc) is 3.40. The van der Waals surface area contributed by atoms with E-state index in [9.17, 15) is 10.1 Å². The fourth-order valence-electron chi connectivity index (χ4n) is 7.54. The molecule has 2 fully saturated rings. The number of piperazine rings is 1. The van der Waals surface area contributed by atoms with Crippen LogP contribution in [0, 0.1) is 11.3 Å². The van der Waals surface area contributed by atoms with E-state index in [1.807, 2.05) is 0 Å². The number of hydrogen-bond donors (Lipinski definition) is 0. The molecule has 3 heterocycles. The van der Waals surface area contributed by atoms with Gasteiger partial charge in [-0.3, -0.25) is 4.79 Å². The second-order valence-corrected chi connectivity index (χ2v) is 12.0. The second-order valence-electron chi connectivity index (χ2n) is 12.0. The van der Waals surface area contributed by atoms with Gasteiger partial charge in [0.1, 0.15) is 12.4 Å². The Morgan fingerprint density at radius 3 is 2.85 bits per heavy atom.